The lowest BCUT2D eigenvalue weighted by molar-refractivity contribution is 0.0594. The molecule has 0 N–H and O–H groups in total. The molecule has 3 heterocycles. The van der Waals surface area contributed by atoms with E-state index in [9.17, 15) is 9.59 Å². The van der Waals surface area contributed by atoms with Crippen LogP contribution in [0.25, 0.3) is 6.08 Å². The number of nitriles is 1. The van der Waals surface area contributed by atoms with E-state index in [1.807, 2.05) is 34.6 Å². The SMILES string of the molecule is CC=Cc1ccc(=O)n2c1C1CC(CN(C(=O)c3ccc(C#N)cc3)C1)C2. The van der Waals surface area contributed by atoms with Gasteiger partial charge in [0.15, 0.2) is 0 Å². The molecule has 0 spiro atoms. The van der Waals surface area contributed by atoms with Gasteiger partial charge in [-0.3, -0.25) is 9.59 Å². The minimum atomic E-state index is -0.00602. The Morgan fingerprint density at radius 2 is 1.93 bits per heavy atom. The number of carbonyl (C=O) groups is 1. The van der Waals surface area contributed by atoms with Gasteiger partial charge in [-0.2, -0.15) is 5.26 Å². The summed E-state index contributed by atoms with van der Waals surface area (Å²) in [6.07, 6.45) is 5.02. The normalized spacial score (nSPS) is 21.0. The number of hydrogen-bond acceptors (Lipinski definition) is 3. The van der Waals surface area contributed by atoms with E-state index >= 15 is 0 Å². The highest BCUT2D eigenvalue weighted by Crippen LogP contribution is 2.37. The summed E-state index contributed by atoms with van der Waals surface area (Å²) in [5.74, 6) is 0.450. The summed E-state index contributed by atoms with van der Waals surface area (Å²) < 4.78 is 1.90. The van der Waals surface area contributed by atoms with Crippen LogP contribution in [-0.4, -0.2) is 28.5 Å². The topological polar surface area (TPSA) is 66.1 Å². The maximum atomic E-state index is 13.0. The predicted octanol–water partition coefficient (Wildman–Crippen LogP) is 3.01. The number of rotatable bonds is 2. The molecule has 1 aromatic heterocycles. The molecule has 2 bridgehead atoms. The van der Waals surface area contributed by atoms with Crippen molar-refractivity contribution in [3.8, 4) is 6.07 Å². The number of allylic oxidation sites excluding steroid dienone is 1. The summed E-state index contributed by atoms with van der Waals surface area (Å²) in [5, 5.41) is 8.93. The van der Waals surface area contributed by atoms with Crippen LogP contribution in [-0.2, 0) is 6.54 Å². The van der Waals surface area contributed by atoms with E-state index in [0.717, 1.165) is 17.7 Å². The van der Waals surface area contributed by atoms with Crippen LogP contribution in [0.2, 0.25) is 0 Å². The summed E-state index contributed by atoms with van der Waals surface area (Å²) in [6.45, 7) is 3.90. The summed E-state index contributed by atoms with van der Waals surface area (Å²) in [6, 6.07) is 12.4. The second kappa shape index (κ2) is 6.88. The maximum absolute atomic E-state index is 13.0. The van der Waals surface area contributed by atoms with Crippen LogP contribution in [0.1, 0.15) is 46.4 Å². The van der Waals surface area contributed by atoms with Crippen molar-refractivity contribution in [2.45, 2.75) is 25.8 Å². The highest BCUT2D eigenvalue weighted by atomic mass is 16.2. The molecular weight excluding hydrogens is 338 g/mol. The Bertz CT molecular complexity index is 1010. The van der Waals surface area contributed by atoms with Gasteiger partial charge in [0.25, 0.3) is 11.5 Å². The molecule has 1 amide bonds. The van der Waals surface area contributed by atoms with Crippen molar-refractivity contribution in [3.63, 3.8) is 0 Å². The van der Waals surface area contributed by atoms with Crippen molar-refractivity contribution < 1.29 is 4.79 Å². The minimum Gasteiger partial charge on any atom is -0.338 e. The Hall–Kier alpha value is -3.13. The van der Waals surface area contributed by atoms with Crippen molar-refractivity contribution in [2.24, 2.45) is 5.92 Å². The molecule has 2 unspecified atom stereocenters. The quantitative estimate of drug-likeness (QED) is 0.828. The van der Waals surface area contributed by atoms with Crippen LogP contribution in [0.4, 0.5) is 0 Å². The molecule has 1 saturated heterocycles. The molecule has 2 aliphatic heterocycles. The molecular formula is C22H21N3O2. The summed E-state index contributed by atoms with van der Waals surface area (Å²) >= 11 is 0. The van der Waals surface area contributed by atoms with Gasteiger partial charge in [0.2, 0.25) is 0 Å². The van der Waals surface area contributed by atoms with Crippen molar-refractivity contribution in [2.75, 3.05) is 13.1 Å². The van der Waals surface area contributed by atoms with Crippen molar-refractivity contribution >= 4 is 12.0 Å². The molecule has 5 heteroatoms. The highest BCUT2D eigenvalue weighted by molar-refractivity contribution is 5.94. The first kappa shape index (κ1) is 17.3. The van der Waals surface area contributed by atoms with Crippen LogP contribution in [0, 0.1) is 17.2 Å². The standard InChI is InChI=1S/C22H21N3O2/c1-2-3-17-8-9-20(26)25-13-16-10-19(21(17)25)14-24(12-16)22(27)18-6-4-15(11-23)5-7-18/h2-9,16,19H,10,12-14H2,1H3. The molecule has 136 valence electrons. The number of hydrogen-bond donors (Lipinski definition) is 0. The number of fused-ring (bicyclic) bond motifs is 4. The fourth-order valence-corrected chi connectivity index (χ4v) is 4.40. The zero-order valence-electron chi connectivity index (χ0n) is 15.3. The van der Waals surface area contributed by atoms with Crippen LogP contribution in [0.15, 0.2) is 47.3 Å². The zero-order valence-corrected chi connectivity index (χ0v) is 15.3. The lowest BCUT2D eigenvalue weighted by Gasteiger charge is -2.43. The van der Waals surface area contributed by atoms with Gasteiger partial charge < -0.3 is 9.47 Å². The van der Waals surface area contributed by atoms with Gasteiger partial charge in [0.05, 0.1) is 11.6 Å². The van der Waals surface area contributed by atoms with Gasteiger partial charge in [-0.15, -0.1) is 0 Å². The molecule has 0 radical (unpaired) electrons. The molecule has 27 heavy (non-hydrogen) atoms. The fourth-order valence-electron chi connectivity index (χ4n) is 4.40. The van der Waals surface area contributed by atoms with Crippen molar-refractivity contribution in [3.05, 3.63) is 75.2 Å². The molecule has 2 atom stereocenters. The van der Waals surface area contributed by atoms with Gasteiger partial charge in [-0.05, 0) is 55.2 Å². The van der Waals surface area contributed by atoms with Gasteiger partial charge in [-0.25, -0.2) is 0 Å². The number of nitrogens with zero attached hydrogens (tertiary/aromatic N) is 3. The van der Waals surface area contributed by atoms with E-state index in [0.29, 0.717) is 30.8 Å². The summed E-state index contributed by atoms with van der Waals surface area (Å²) in [7, 11) is 0. The minimum absolute atomic E-state index is 0.00602. The monoisotopic (exact) mass is 359 g/mol. The smallest absolute Gasteiger partial charge is 0.253 e. The molecule has 1 aromatic carbocycles. The van der Waals surface area contributed by atoms with E-state index in [4.69, 9.17) is 5.26 Å². The average molecular weight is 359 g/mol. The van der Waals surface area contributed by atoms with Gasteiger partial charge in [0, 0.05) is 42.9 Å². The number of likely N-dealkylation sites (tertiary alicyclic amines) is 1. The van der Waals surface area contributed by atoms with E-state index in [1.165, 1.54) is 0 Å². The third-order valence-corrected chi connectivity index (χ3v) is 5.52. The zero-order chi connectivity index (χ0) is 19.0. The van der Waals surface area contributed by atoms with Gasteiger partial charge in [-0.1, -0.05) is 12.2 Å². The average Bonchev–Trinajstić information content (AvgIpc) is 2.69. The van der Waals surface area contributed by atoms with Gasteiger partial charge >= 0.3 is 0 Å². The predicted molar refractivity (Wildman–Crippen MR) is 103 cm³/mol. The Kier molecular flexibility index (Phi) is 4.41. The van der Waals surface area contributed by atoms with Crippen LogP contribution in [0.5, 0.6) is 0 Å². The second-order valence-corrected chi connectivity index (χ2v) is 7.32. The first-order valence-corrected chi connectivity index (χ1v) is 9.26. The maximum Gasteiger partial charge on any atom is 0.253 e. The first-order valence-electron chi connectivity index (χ1n) is 9.26. The Labute approximate surface area is 158 Å². The molecule has 2 aliphatic rings. The number of piperidine rings is 1. The first-order chi connectivity index (χ1) is 13.1. The molecule has 2 aromatic rings. The van der Waals surface area contributed by atoms with Gasteiger partial charge in [0.1, 0.15) is 0 Å². The second-order valence-electron chi connectivity index (χ2n) is 7.32. The summed E-state index contributed by atoms with van der Waals surface area (Å²) in [4.78, 5) is 27.3. The molecule has 0 aliphatic carbocycles. The number of pyridine rings is 1. The highest BCUT2D eigenvalue weighted by Gasteiger charge is 2.37. The van der Waals surface area contributed by atoms with Crippen molar-refractivity contribution in [1.29, 1.82) is 5.26 Å². The fraction of sp³-hybridized carbons (Fsp3) is 0.318. The summed E-state index contributed by atoms with van der Waals surface area (Å²) in [5.41, 5.74) is 3.31. The Morgan fingerprint density at radius 1 is 1.15 bits per heavy atom. The van der Waals surface area contributed by atoms with E-state index < -0.39 is 0 Å². The van der Waals surface area contributed by atoms with Crippen LogP contribution >= 0.6 is 0 Å². The van der Waals surface area contributed by atoms with E-state index in [-0.39, 0.29) is 23.3 Å². The Morgan fingerprint density at radius 3 is 2.63 bits per heavy atom. The molecule has 4 rings (SSSR count). The lowest BCUT2D eigenvalue weighted by atomic mass is 9.81. The lowest BCUT2D eigenvalue weighted by Crippen LogP contribution is -2.49. The molecule has 1 fully saturated rings. The Balaban J connectivity index is 1.66. The number of aromatic nitrogens is 1. The number of carbonyl (C=O) groups excluding carboxylic acids is 1. The van der Waals surface area contributed by atoms with Crippen molar-refractivity contribution in [1.82, 2.24) is 9.47 Å². The van der Waals surface area contributed by atoms with Crippen LogP contribution in [0.3, 0.4) is 0 Å². The molecule has 0 saturated carbocycles. The third kappa shape index (κ3) is 3.08. The molecule has 5 nitrogen and oxygen atoms in total. The third-order valence-electron chi connectivity index (χ3n) is 5.52. The van der Waals surface area contributed by atoms with E-state index in [2.05, 4.69) is 6.07 Å². The largest absolute Gasteiger partial charge is 0.338 e. The van der Waals surface area contributed by atoms with Crippen LogP contribution < -0.4 is 5.56 Å². The van der Waals surface area contributed by atoms with E-state index in [1.54, 1.807) is 30.3 Å². The number of amides is 1. The number of benzene rings is 1.